The fourth-order valence-electron chi connectivity index (χ4n) is 0. The van der Waals surface area contributed by atoms with Gasteiger partial charge in [0.1, 0.15) is 0 Å². The van der Waals surface area contributed by atoms with E-state index < -0.39 is 6.16 Å². The van der Waals surface area contributed by atoms with Gasteiger partial charge in [0.05, 0.1) is 0 Å². The van der Waals surface area contributed by atoms with Crippen LogP contribution in [0.3, 0.4) is 0 Å². The first-order chi connectivity index (χ1) is 1.73. The summed E-state index contributed by atoms with van der Waals surface area (Å²) in [5, 5.41) is 16.7. The summed E-state index contributed by atoms with van der Waals surface area (Å²) in [6, 6.07) is 0. The molecule has 0 amide bonds. The molecule has 16 heavy (non-hydrogen) atoms. The molecule has 0 rings (SSSR count). The molecule has 0 aromatic heterocycles. The topological polar surface area (TPSA) is 378 Å². The number of carboxylic acid groups (broad SMARTS) is 2. The van der Waals surface area contributed by atoms with Crippen LogP contribution in [0.15, 0.2) is 0 Å². The first kappa shape index (κ1) is 202. The van der Waals surface area contributed by atoms with Crippen LogP contribution in [0.2, 0.25) is 0 Å². The van der Waals surface area contributed by atoms with Crippen molar-refractivity contribution in [3.05, 3.63) is 0 Å². The van der Waals surface area contributed by atoms with Crippen LogP contribution in [0, 0.1) is 0 Å². The molecule has 0 saturated carbocycles. The quantitative estimate of drug-likeness (QED) is 0.392. The van der Waals surface area contributed by atoms with E-state index in [1.54, 1.807) is 0 Å². The summed E-state index contributed by atoms with van der Waals surface area (Å²) in [5.41, 5.74) is 0. The normalized spacial score (nSPS) is 1.50. The van der Waals surface area contributed by atoms with Crippen molar-refractivity contribution in [2.24, 2.45) is 0 Å². The first-order valence-corrected chi connectivity index (χ1v) is 0.612. The molecular formula is CH20K2O13. The summed E-state index contributed by atoms with van der Waals surface area (Å²) in [6.45, 7) is 0. The Morgan fingerprint density at radius 1 is 0.500 bits per heavy atom. The zero-order valence-electron chi connectivity index (χ0n) is 8.72. The maximum atomic E-state index is 8.33. The summed E-state index contributed by atoms with van der Waals surface area (Å²) in [4.78, 5) is 8.33. The molecule has 0 aromatic carbocycles. The Morgan fingerprint density at radius 2 is 0.500 bits per heavy atom. The van der Waals surface area contributed by atoms with E-state index >= 15 is 0 Å². The number of carbonyl (C=O) groups excluding carboxylic acids is 1. The van der Waals surface area contributed by atoms with Crippen LogP contribution in [0.4, 0.5) is 4.79 Å². The largest absolute Gasteiger partial charge is 1.00 e. The number of rotatable bonds is 0. The van der Waals surface area contributed by atoms with Gasteiger partial charge >= 0.3 is 103 Å². The summed E-state index contributed by atoms with van der Waals surface area (Å²) >= 11 is 0. The Bertz CT molecular complexity index is 36.9. The minimum absolute atomic E-state index is 0. The Labute approximate surface area is 175 Å². The number of hydrogen-bond acceptors (Lipinski definition) is 3. The Kier molecular flexibility index (Phi) is 2130. The molecule has 20 N–H and O–H groups in total. The third-order valence-corrected chi connectivity index (χ3v) is 0. The molecule has 0 radical (unpaired) electrons. The van der Waals surface area contributed by atoms with Crippen molar-refractivity contribution in [3.8, 4) is 0 Å². The third kappa shape index (κ3) is 806. The second-order valence-corrected chi connectivity index (χ2v) is 0.250. The molecule has 0 spiro atoms. The maximum absolute atomic E-state index is 8.33. The van der Waals surface area contributed by atoms with Gasteiger partial charge in [-0.3, -0.25) is 0 Å². The second-order valence-electron chi connectivity index (χ2n) is 0.250. The minimum Gasteiger partial charge on any atom is -0.652 e. The second kappa shape index (κ2) is 169. The van der Waals surface area contributed by atoms with E-state index in [0.29, 0.717) is 0 Å². The van der Waals surface area contributed by atoms with E-state index in [1.807, 2.05) is 0 Å². The van der Waals surface area contributed by atoms with Crippen molar-refractivity contribution < 1.29 is 173 Å². The van der Waals surface area contributed by atoms with Crippen LogP contribution in [-0.4, -0.2) is 60.9 Å². The predicted octanol–water partition coefficient (Wildman–Crippen LogP) is -16.7. The summed E-state index contributed by atoms with van der Waals surface area (Å²) in [5.74, 6) is 0. The molecule has 0 saturated heterocycles. The van der Waals surface area contributed by atoms with Gasteiger partial charge in [0.2, 0.25) is 0 Å². The van der Waals surface area contributed by atoms with Crippen molar-refractivity contribution >= 4 is 6.16 Å². The molecule has 0 aliphatic heterocycles. The molecule has 0 aliphatic carbocycles. The van der Waals surface area contributed by atoms with E-state index in [-0.39, 0.29) is 158 Å². The van der Waals surface area contributed by atoms with Crippen LogP contribution >= 0.6 is 0 Å². The van der Waals surface area contributed by atoms with E-state index in [2.05, 4.69) is 0 Å². The van der Waals surface area contributed by atoms with Crippen molar-refractivity contribution in [2.75, 3.05) is 0 Å². The molecule has 13 nitrogen and oxygen atoms in total. The molecule has 15 heteroatoms. The van der Waals surface area contributed by atoms with Gasteiger partial charge in [-0.2, -0.15) is 0 Å². The molecular weight excluding hydrogens is 298 g/mol. The summed E-state index contributed by atoms with van der Waals surface area (Å²) < 4.78 is 0. The Morgan fingerprint density at radius 3 is 0.500 bits per heavy atom. The van der Waals surface area contributed by atoms with E-state index in [9.17, 15) is 0 Å². The van der Waals surface area contributed by atoms with E-state index in [1.165, 1.54) is 0 Å². The fourth-order valence-corrected chi connectivity index (χ4v) is 0. The number of carbonyl (C=O) groups is 1. The fraction of sp³-hybridized carbons (Fsp3) is 0. The monoisotopic (exact) mass is 318 g/mol. The molecule has 104 valence electrons. The zero-order chi connectivity index (χ0) is 3.58. The van der Waals surface area contributed by atoms with E-state index in [4.69, 9.17) is 15.0 Å². The van der Waals surface area contributed by atoms with Gasteiger partial charge in [-0.05, 0) is 6.16 Å². The van der Waals surface area contributed by atoms with Crippen molar-refractivity contribution in [1.82, 2.24) is 0 Å². The predicted molar refractivity (Wildman–Crippen MR) is 41.5 cm³/mol. The van der Waals surface area contributed by atoms with Crippen LogP contribution in [-0.2, 0) is 0 Å². The van der Waals surface area contributed by atoms with Gasteiger partial charge in [-0.15, -0.1) is 0 Å². The molecule has 0 fully saturated rings. The Hall–Kier alpha value is 2.14. The van der Waals surface area contributed by atoms with Crippen LogP contribution in [0.1, 0.15) is 0 Å². The smallest absolute Gasteiger partial charge is 0.652 e. The van der Waals surface area contributed by atoms with Crippen LogP contribution < -0.4 is 113 Å². The van der Waals surface area contributed by atoms with Crippen molar-refractivity contribution in [2.45, 2.75) is 0 Å². The zero-order valence-corrected chi connectivity index (χ0v) is 15.0. The van der Waals surface area contributed by atoms with Crippen molar-refractivity contribution in [1.29, 1.82) is 0 Å². The molecule has 0 heterocycles. The molecule has 0 unspecified atom stereocenters. The maximum Gasteiger partial charge on any atom is 1.00 e. The Balaban J connectivity index is -0.000000000682. The molecule has 0 aliphatic rings. The summed E-state index contributed by atoms with van der Waals surface area (Å²) in [6.07, 6.45) is -2.33. The van der Waals surface area contributed by atoms with Crippen LogP contribution in [0.5, 0.6) is 0 Å². The van der Waals surface area contributed by atoms with E-state index in [0.717, 1.165) is 0 Å². The van der Waals surface area contributed by atoms with Gasteiger partial charge in [-0.25, -0.2) is 0 Å². The van der Waals surface area contributed by atoms with Gasteiger partial charge < -0.3 is 69.8 Å². The van der Waals surface area contributed by atoms with Gasteiger partial charge in [0, 0.05) is 0 Å². The van der Waals surface area contributed by atoms with Gasteiger partial charge in [0.25, 0.3) is 0 Å². The van der Waals surface area contributed by atoms with Crippen molar-refractivity contribution in [3.63, 3.8) is 0 Å². The SMILES string of the molecule is O.O.O.O.O.O.O.O.O.O.O=C([O-])[O-].[K+].[K+]. The summed E-state index contributed by atoms with van der Waals surface area (Å²) in [7, 11) is 0. The number of hydrogen-bond donors (Lipinski definition) is 0. The minimum atomic E-state index is -2.33. The van der Waals surface area contributed by atoms with Crippen LogP contribution in [0.25, 0.3) is 0 Å². The van der Waals surface area contributed by atoms with Gasteiger partial charge in [-0.1, -0.05) is 0 Å². The average Bonchev–Trinajstić information content (AvgIpc) is 0.811. The van der Waals surface area contributed by atoms with Gasteiger partial charge in [0.15, 0.2) is 0 Å². The third-order valence-electron chi connectivity index (χ3n) is 0. The average molecular weight is 318 g/mol. The molecule has 0 aromatic rings. The first-order valence-electron chi connectivity index (χ1n) is 0.612. The molecule has 0 bridgehead atoms. The standard InChI is InChI=1S/CH2O3.2K.10H2O/c2-1(3)4;;;;;;;;;;;;/h(H2,2,3,4);;;10*1H2/q;2*+1;;;;;;;;;;/p-2. The molecule has 0 atom stereocenters.